The van der Waals surface area contributed by atoms with E-state index in [-0.39, 0.29) is 12.3 Å². The number of allylic oxidation sites excluding steroid dienone is 1. The van der Waals surface area contributed by atoms with Crippen molar-refractivity contribution in [3.05, 3.63) is 40.4 Å². The lowest BCUT2D eigenvalue weighted by Crippen LogP contribution is -2.16. The van der Waals surface area contributed by atoms with E-state index >= 15 is 0 Å². The molecule has 0 spiro atoms. The van der Waals surface area contributed by atoms with Crippen LogP contribution in [-0.2, 0) is 9.59 Å². The lowest BCUT2D eigenvalue weighted by atomic mass is 10.1. The number of hydrazone groups is 1. The van der Waals surface area contributed by atoms with E-state index < -0.39 is 5.97 Å². The highest BCUT2D eigenvalue weighted by atomic mass is 79.9. The number of halogens is 1. The maximum atomic E-state index is 11.6. The quantitative estimate of drug-likeness (QED) is 0.366. The van der Waals surface area contributed by atoms with Gasteiger partial charge in [0.15, 0.2) is 0 Å². The van der Waals surface area contributed by atoms with Gasteiger partial charge in [0, 0.05) is 17.3 Å². The largest absolute Gasteiger partial charge is 0.481 e. The van der Waals surface area contributed by atoms with E-state index in [1.807, 2.05) is 36.4 Å². The van der Waals surface area contributed by atoms with Gasteiger partial charge in [0.1, 0.15) is 0 Å². The van der Waals surface area contributed by atoms with E-state index in [0.29, 0.717) is 12.8 Å². The summed E-state index contributed by atoms with van der Waals surface area (Å²) in [5.74, 6) is -0.911. The molecule has 1 aromatic carbocycles. The van der Waals surface area contributed by atoms with Gasteiger partial charge in [0.05, 0.1) is 6.21 Å². The lowest BCUT2D eigenvalue weighted by Gasteiger charge is -2.00. The average Bonchev–Trinajstić information content (AvgIpc) is 2.51. The second kappa shape index (κ2) is 11.6. The Hall–Kier alpha value is -1.95. The number of carbonyl (C=O) groups is 2. The second-order valence-corrected chi connectivity index (χ2v) is 5.96. The molecule has 0 saturated heterocycles. The molecule has 1 rings (SSSR count). The minimum atomic E-state index is -0.772. The van der Waals surface area contributed by atoms with Crippen molar-refractivity contribution in [2.24, 2.45) is 5.10 Å². The second-order valence-electron chi connectivity index (χ2n) is 5.04. The predicted octanol–water partition coefficient (Wildman–Crippen LogP) is 3.95. The van der Waals surface area contributed by atoms with Crippen LogP contribution in [0.2, 0.25) is 0 Å². The van der Waals surface area contributed by atoms with Gasteiger partial charge < -0.3 is 5.11 Å². The van der Waals surface area contributed by atoms with Crippen LogP contribution in [0.25, 0.3) is 6.08 Å². The molecule has 1 amide bonds. The van der Waals surface area contributed by atoms with Gasteiger partial charge in [0.2, 0.25) is 5.91 Å². The van der Waals surface area contributed by atoms with Crippen LogP contribution in [0.5, 0.6) is 0 Å². The molecular formula is C17H21BrN2O3. The normalized spacial score (nSPS) is 11.6. The summed E-state index contributed by atoms with van der Waals surface area (Å²) in [6.07, 6.45) is 7.10. The van der Waals surface area contributed by atoms with Crippen molar-refractivity contribution in [1.82, 2.24) is 5.43 Å². The van der Waals surface area contributed by atoms with E-state index in [9.17, 15) is 9.59 Å². The van der Waals surface area contributed by atoms with Crippen molar-refractivity contribution in [2.45, 2.75) is 38.5 Å². The number of carboxylic acid groups (broad SMARTS) is 1. The van der Waals surface area contributed by atoms with Crippen molar-refractivity contribution in [2.75, 3.05) is 0 Å². The first-order valence-corrected chi connectivity index (χ1v) is 8.33. The molecule has 6 heteroatoms. The monoisotopic (exact) mass is 380 g/mol. The van der Waals surface area contributed by atoms with Gasteiger partial charge in [-0.1, -0.05) is 43.2 Å². The van der Waals surface area contributed by atoms with E-state index in [1.54, 1.807) is 0 Å². The molecule has 0 radical (unpaired) electrons. The number of carboxylic acids is 1. The molecule has 1 aromatic rings. The molecule has 0 aromatic heterocycles. The number of carbonyl (C=O) groups excluding carboxylic acids is 1. The molecular weight excluding hydrogens is 360 g/mol. The van der Waals surface area contributed by atoms with Crippen LogP contribution in [0.1, 0.15) is 44.1 Å². The van der Waals surface area contributed by atoms with Gasteiger partial charge >= 0.3 is 5.97 Å². The number of hydrogen-bond acceptors (Lipinski definition) is 3. The van der Waals surface area contributed by atoms with Crippen LogP contribution in [0.3, 0.4) is 0 Å². The van der Waals surface area contributed by atoms with Crippen LogP contribution in [0.15, 0.2) is 39.9 Å². The summed E-state index contributed by atoms with van der Waals surface area (Å²) >= 11 is 3.37. The van der Waals surface area contributed by atoms with Crippen molar-refractivity contribution in [1.29, 1.82) is 0 Å². The third kappa shape index (κ3) is 10.4. The Bertz CT molecular complexity index is 556. The topological polar surface area (TPSA) is 78.8 Å². The van der Waals surface area contributed by atoms with Gasteiger partial charge in [-0.15, -0.1) is 0 Å². The molecule has 0 unspecified atom stereocenters. The smallest absolute Gasteiger partial charge is 0.303 e. The number of hydrogen-bond donors (Lipinski definition) is 2. The number of unbranched alkanes of at least 4 members (excludes halogenated alkanes) is 3. The summed E-state index contributed by atoms with van der Waals surface area (Å²) in [7, 11) is 0. The summed E-state index contributed by atoms with van der Waals surface area (Å²) < 4.78 is 0.762. The number of rotatable bonds is 10. The molecule has 23 heavy (non-hydrogen) atoms. The summed E-state index contributed by atoms with van der Waals surface area (Å²) in [6, 6.07) is 9.78. The van der Waals surface area contributed by atoms with Crippen LogP contribution in [-0.4, -0.2) is 23.2 Å². The van der Waals surface area contributed by atoms with Crippen molar-refractivity contribution in [3.63, 3.8) is 0 Å². The van der Waals surface area contributed by atoms with E-state index in [0.717, 1.165) is 29.3 Å². The fraction of sp³-hybridized carbons (Fsp3) is 0.353. The Morgan fingerprint density at radius 2 is 1.74 bits per heavy atom. The number of nitrogens with one attached hydrogen (secondary N) is 1. The Balaban J connectivity index is 2.17. The van der Waals surface area contributed by atoms with Gasteiger partial charge in [0.25, 0.3) is 0 Å². The lowest BCUT2D eigenvalue weighted by molar-refractivity contribution is -0.137. The van der Waals surface area contributed by atoms with Gasteiger partial charge in [-0.3, -0.25) is 9.59 Å². The zero-order valence-electron chi connectivity index (χ0n) is 12.9. The molecule has 0 fully saturated rings. The van der Waals surface area contributed by atoms with E-state index in [4.69, 9.17) is 5.11 Å². The SMILES string of the molecule is O=C(O)CCCCCCC(=O)N/N=C/C(Br)=C/c1ccccc1. The van der Waals surface area contributed by atoms with Crippen LogP contribution >= 0.6 is 15.9 Å². The van der Waals surface area contributed by atoms with Crippen molar-refractivity contribution < 1.29 is 14.7 Å². The van der Waals surface area contributed by atoms with Crippen LogP contribution in [0.4, 0.5) is 0 Å². The van der Waals surface area contributed by atoms with Crippen LogP contribution < -0.4 is 5.43 Å². The Morgan fingerprint density at radius 1 is 1.09 bits per heavy atom. The highest BCUT2D eigenvalue weighted by molar-refractivity contribution is 9.12. The highest BCUT2D eigenvalue weighted by Crippen LogP contribution is 2.10. The van der Waals surface area contributed by atoms with Gasteiger partial charge in [-0.25, -0.2) is 5.43 Å². The predicted molar refractivity (Wildman–Crippen MR) is 95.3 cm³/mol. The first-order chi connectivity index (χ1) is 11.1. The maximum absolute atomic E-state index is 11.6. The number of benzene rings is 1. The first kappa shape index (κ1) is 19.1. The average molecular weight is 381 g/mol. The maximum Gasteiger partial charge on any atom is 0.303 e. The zero-order valence-corrected chi connectivity index (χ0v) is 14.5. The molecule has 124 valence electrons. The number of nitrogens with zero attached hydrogens (tertiary/aromatic N) is 1. The molecule has 0 aliphatic heterocycles. The first-order valence-electron chi connectivity index (χ1n) is 7.54. The van der Waals surface area contributed by atoms with Gasteiger partial charge in [-0.2, -0.15) is 5.10 Å². The molecule has 0 bridgehead atoms. The Morgan fingerprint density at radius 3 is 2.39 bits per heavy atom. The fourth-order valence-corrected chi connectivity index (χ4v) is 2.25. The number of amides is 1. The van der Waals surface area contributed by atoms with E-state index in [2.05, 4.69) is 26.5 Å². The van der Waals surface area contributed by atoms with Crippen molar-refractivity contribution in [3.8, 4) is 0 Å². The third-order valence-corrected chi connectivity index (χ3v) is 3.46. The standard InChI is InChI=1S/C17H21BrN2O3/c18-15(12-14-8-4-3-5-9-14)13-19-20-16(21)10-6-1-2-7-11-17(22)23/h3-5,8-9,12-13H,1-2,6-7,10-11H2,(H,20,21)(H,22,23)/b15-12-,19-13+. The summed E-state index contributed by atoms with van der Waals surface area (Å²) in [4.78, 5) is 21.9. The molecule has 0 atom stereocenters. The summed E-state index contributed by atoms with van der Waals surface area (Å²) in [5.41, 5.74) is 3.51. The third-order valence-electron chi connectivity index (χ3n) is 3.03. The minimum Gasteiger partial charge on any atom is -0.481 e. The van der Waals surface area contributed by atoms with Crippen LogP contribution in [0, 0.1) is 0 Å². The number of aliphatic carboxylic acids is 1. The summed E-state index contributed by atoms with van der Waals surface area (Å²) in [6.45, 7) is 0. The summed E-state index contributed by atoms with van der Waals surface area (Å²) in [5, 5.41) is 12.4. The molecule has 5 nitrogen and oxygen atoms in total. The molecule has 0 heterocycles. The Kier molecular flexibility index (Phi) is 9.63. The fourth-order valence-electron chi connectivity index (χ4n) is 1.88. The van der Waals surface area contributed by atoms with Gasteiger partial charge in [-0.05, 0) is 40.4 Å². The Labute approximate surface area is 144 Å². The molecule has 0 aliphatic rings. The van der Waals surface area contributed by atoms with Crippen molar-refractivity contribution >= 4 is 40.1 Å². The molecule has 0 saturated carbocycles. The zero-order chi connectivity index (χ0) is 16.9. The highest BCUT2D eigenvalue weighted by Gasteiger charge is 2.00. The minimum absolute atomic E-state index is 0.139. The van der Waals surface area contributed by atoms with E-state index in [1.165, 1.54) is 6.21 Å². The molecule has 0 aliphatic carbocycles. The molecule has 2 N–H and O–H groups in total.